The summed E-state index contributed by atoms with van der Waals surface area (Å²) in [5.74, 6) is -0.118. The fourth-order valence-electron chi connectivity index (χ4n) is 4.12. The van der Waals surface area contributed by atoms with E-state index < -0.39 is 5.97 Å². The van der Waals surface area contributed by atoms with Gasteiger partial charge in [-0.15, -0.1) is 0 Å². The summed E-state index contributed by atoms with van der Waals surface area (Å²) in [6.07, 6.45) is 10.8. The fourth-order valence-corrected chi connectivity index (χ4v) is 4.12. The number of carbonyl (C=O) groups excluding carboxylic acids is 1. The molecule has 4 nitrogen and oxygen atoms in total. The number of carboxylic acid groups (broad SMARTS) is 1. The topological polar surface area (TPSA) is 57.6 Å². The molecule has 0 saturated heterocycles. The van der Waals surface area contributed by atoms with E-state index in [-0.39, 0.29) is 17.7 Å². The molecule has 3 rings (SSSR count). The molecule has 1 N–H and O–H groups in total. The van der Waals surface area contributed by atoms with Crippen molar-refractivity contribution in [2.75, 3.05) is 6.54 Å². The standard InChI is InChI=1S/C17H27NO3/c19-16(13-6-7-14(10-13)17(20)21)18(15-8-9-15)11-12-4-2-1-3-5-12/h12-15H,1-11H2,(H,20,21)/t13-,14+/m0/s1. The van der Waals surface area contributed by atoms with Crippen LogP contribution in [0.5, 0.6) is 0 Å². The Labute approximate surface area is 126 Å². The van der Waals surface area contributed by atoms with E-state index in [4.69, 9.17) is 5.11 Å². The first-order chi connectivity index (χ1) is 10.1. The molecule has 0 aromatic rings. The maximum atomic E-state index is 12.8. The minimum atomic E-state index is -0.726. The first-order valence-electron chi connectivity index (χ1n) is 8.68. The molecule has 0 aromatic heterocycles. The van der Waals surface area contributed by atoms with Gasteiger partial charge in [-0.05, 0) is 50.9 Å². The average molecular weight is 293 g/mol. The van der Waals surface area contributed by atoms with Gasteiger partial charge in [-0.1, -0.05) is 19.3 Å². The highest BCUT2D eigenvalue weighted by Crippen LogP contribution is 2.37. The Kier molecular flexibility index (Phi) is 4.51. The number of carboxylic acids is 1. The van der Waals surface area contributed by atoms with E-state index in [0.717, 1.165) is 25.8 Å². The van der Waals surface area contributed by atoms with Gasteiger partial charge in [-0.3, -0.25) is 9.59 Å². The van der Waals surface area contributed by atoms with Crippen LogP contribution in [-0.4, -0.2) is 34.5 Å². The van der Waals surface area contributed by atoms with Gasteiger partial charge in [0.05, 0.1) is 5.92 Å². The predicted molar refractivity (Wildman–Crippen MR) is 79.8 cm³/mol. The molecule has 0 unspecified atom stereocenters. The van der Waals surface area contributed by atoms with E-state index in [0.29, 0.717) is 24.8 Å². The van der Waals surface area contributed by atoms with Crippen LogP contribution < -0.4 is 0 Å². The number of carbonyl (C=O) groups is 2. The summed E-state index contributed by atoms with van der Waals surface area (Å²) < 4.78 is 0. The third kappa shape index (κ3) is 3.58. The van der Waals surface area contributed by atoms with Gasteiger partial charge in [0, 0.05) is 18.5 Å². The van der Waals surface area contributed by atoms with Crippen molar-refractivity contribution in [1.29, 1.82) is 0 Å². The smallest absolute Gasteiger partial charge is 0.306 e. The number of rotatable bonds is 5. The fraction of sp³-hybridized carbons (Fsp3) is 0.882. The molecule has 1 amide bonds. The molecule has 0 aromatic carbocycles. The lowest BCUT2D eigenvalue weighted by atomic mass is 9.88. The van der Waals surface area contributed by atoms with Crippen molar-refractivity contribution in [2.45, 2.75) is 70.3 Å². The molecule has 118 valence electrons. The maximum absolute atomic E-state index is 12.8. The van der Waals surface area contributed by atoms with Gasteiger partial charge in [-0.25, -0.2) is 0 Å². The molecule has 4 heteroatoms. The van der Waals surface area contributed by atoms with Crippen molar-refractivity contribution in [3.63, 3.8) is 0 Å². The Morgan fingerprint density at radius 2 is 1.57 bits per heavy atom. The van der Waals surface area contributed by atoms with Gasteiger partial charge in [0.1, 0.15) is 0 Å². The van der Waals surface area contributed by atoms with E-state index in [1.165, 1.54) is 32.1 Å². The quantitative estimate of drug-likeness (QED) is 0.847. The summed E-state index contributed by atoms with van der Waals surface area (Å²) >= 11 is 0. The summed E-state index contributed by atoms with van der Waals surface area (Å²) in [6, 6.07) is 0.461. The molecule has 3 aliphatic rings. The molecule has 21 heavy (non-hydrogen) atoms. The number of hydrogen-bond donors (Lipinski definition) is 1. The van der Waals surface area contributed by atoms with Crippen molar-refractivity contribution in [2.24, 2.45) is 17.8 Å². The molecule has 0 bridgehead atoms. The van der Waals surface area contributed by atoms with Gasteiger partial charge < -0.3 is 10.0 Å². The molecule has 0 radical (unpaired) electrons. The van der Waals surface area contributed by atoms with Crippen LogP contribution in [0.15, 0.2) is 0 Å². The van der Waals surface area contributed by atoms with E-state index in [1.54, 1.807) is 0 Å². The summed E-state index contributed by atoms with van der Waals surface area (Å²) in [6.45, 7) is 0.928. The number of hydrogen-bond acceptors (Lipinski definition) is 2. The third-order valence-corrected chi connectivity index (χ3v) is 5.58. The molecule has 3 saturated carbocycles. The first kappa shape index (κ1) is 14.9. The van der Waals surface area contributed by atoms with Crippen molar-refractivity contribution in [1.82, 2.24) is 4.90 Å². The normalized spacial score (nSPS) is 30.3. The Morgan fingerprint density at radius 1 is 0.905 bits per heavy atom. The van der Waals surface area contributed by atoms with Crippen LogP contribution in [0.1, 0.15) is 64.2 Å². The molecule has 0 aliphatic heterocycles. The monoisotopic (exact) mass is 293 g/mol. The second kappa shape index (κ2) is 6.37. The van der Waals surface area contributed by atoms with Crippen LogP contribution in [0, 0.1) is 17.8 Å². The van der Waals surface area contributed by atoms with Gasteiger partial charge in [0.25, 0.3) is 0 Å². The van der Waals surface area contributed by atoms with E-state index in [9.17, 15) is 9.59 Å². The van der Waals surface area contributed by atoms with Crippen LogP contribution in [0.4, 0.5) is 0 Å². The summed E-state index contributed by atoms with van der Waals surface area (Å²) in [5.41, 5.74) is 0. The zero-order valence-electron chi connectivity index (χ0n) is 12.8. The number of aliphatic carboxylic acids is 1. The molecule has 2 atom stereocenters. The van der Waals surface area contributed by atoms with Crippen LogP contribution in [0.25, 0.3) is 0 Å². The highest BCUT2D eigenvalue weighted by atomic mass is 16.4. The van der Waals surface area contributed by atoms with Gasteiger partial charge in [-0.2, -0.15) is 0 Å². The predicted octanol–water partition coefficient (Wildman–Crippen LogP) is 3.06. The van der Waals surface area contributed by atoms with Crippen molar-refractivity contribution < 1.29 is 14.7 Å². The molecule has 0 heterocycles. The third-order valence-electron chi connectivity index (χ3n) is 5.58. The second-order valence-corrected chi connectivity index (χ2v) is 7.27. The Hall–Kier alpha value is -1.06. The van der Waals surface area contributed by atoms with Crippen LogP contribution >= 0.6 is 0 Å². The highest BCUT2D eigenvalue weighted by molar-refractivity contribution is 5.81. The molecule has 0 spiro atoms. The Bertz CT molecular complexity index is 399. The summed E-state index contributed by atoms with van der Waals surface area (Å²) in [7, 11) is 0. The summed E-state index contributed by atoms with van der Waals surface area (Å²) in [5, 5.41) is 9.11. The maximum Gasteiger partial charge on any atom is 0.306 e. The van der Waals surface area contributed by atoms with Crippen LogP contribution in [-0.2, 0) is 9.59 Å². The van der Waals surface area contributed by atoms with Gasteiger partial charge in [0.2, 0.25) is 5.91 Å². The molecular weight excluding hydrogens is 266 g/mol. The van der Waals surface area contributed by atoms with Crippen molar-refractivity contribution in [3.05, 3.63) is 0 Å². The number of amides is 1. The Morgan fingerprint density at radius 3 is 2.14 bits per heavy atom. The zero-order chi connectivity index (χ0) is 14.8. The zero-order valence-corrected chi connectivity index (χ0v) is 12.8. The lowest BCUT2D eigenvalue weighted by Gasteiger charge is -2.31. The van der Waals surface area contributed by atoms with Crippen molar-refractivity contribution in [3.8, 4) is 0 Å². The lowest BCUT2D eigenvalue weighted by molar-refractivity contribution is -0.141. The van der Waals surface area contributed by atoms with Crippen LogP contribution in [0.3, 0.4) is 0 Å². The van der Waals surface area contributed by atoms with E-state index in [1.807, 2.05) is 0 Å². The largest absolute Gasteiger partial charge is 0.481 e. The molecular formula is C17H27NO3. The number of nitrogens with zero attached hydrogens (tertiary/aromatic N) is 1. The minimum absolute atomic E-state index is 0.0321. The SMILES string of the molecule is O=C(O)[C@@H]1CC[C@H](C(=O)N(CC2CCCCC2)C2CC2)C1. The average Bonchev–Trinajstić information content (AvgIpc) is 3.20. The Balaban J connectivity index is 1.58. The lowest BCUT2D eigenvalue weighted by Crippen LogP contribution is -2.41. The van der Waals surface area contributed by atoms with Crippen molar-refractivity contribution >= 4 is 11.9 Å². The van der Waals surface area contributed by atoms with Gasteiger partial charge in [0.15, 0.2) is 0 Å². The van der Waals surface area contributed by atoms with E-state index >= 15 is 0 Å². The minimum Gasteiger partial charge on any atom is -0.481 e. The van der Waals surface area contributed by atoms with Crippen LogP contribution in [0.2, 0.25) is 0 Å². The highest BCUT2D eigenvalue weighted by Gasteiger charge is 2.41. The van der Waals surface area contributed by atoms with E-state index in [2.05, 4.69) is 4.90 Å². The molecule has 3 fully saturated rings. The second-order valence-electron chi connectivity index (χ2n) is 7.27. The van der Waals surface area contributed by atoms with Gasteiger partial charge >= 0.3 is 5.97 Å². The summed E-state index contributed by atoms with van der Waals surface area (Å²) in [4.78, 5) is 26.0. The first-order valence-corrected chi connectivity index (χ1v) is 8.68. The molecule has 3 aliphatic carbocycles.